The van der Waals surface area contributed by atoms with Crippen LogP contribution in [0.2, 0.25) is 5.02 Å². The van der Waals surface area contributed by atoms with Crippen molar-refractivity contribution < 1.29 is 14.1 Å². The highest BCUT2D eigenvalue weighted by molar-refractivity contribution is 6.31. The van der Waals surface area contributed by atoms with Crippen LogP contribution in [-0.2, 0) is 13.1 Å². The second kappa shape index (κ2) is 11.2. The number of hydrogen-bond acceptors (Lipinski definition) is 2. The summed E-state index contributed by atoms with van der Waals surface area (Å²) in [6.45, 7) is 8.77. The van der Waals surface area contributed by atoms with Crippen molar-refractivity contribution in [1.82, 2.24) is 5.32 Å². The van der Waals surface area contributed by atoms with Gasteiger partial charge >= 0.3 is 0 Å². The van der Waals surface area contributed by atoms with E-state index in [9.17, 15) is 4.79 Å². The molecule has 1 atom stereocenters. The molecular weight excluding hydrogens is 360 g/mol. The normalized spacial score (nSPS) is 12.3. The summed E-state index contributed by atoms with van der Waals surface area (Å²) in [5.74, 6) is 1.08. The predicted molar refractivity (Wildman–Crippen MR) is 110 cm³/mol. The zero-order valence-corrected chi connectivity index (χ0v) is 17.4. The summed E-state index contributed by atoms with van der Waals surface area (Å²) in [5, 5.41) is 3.73. The monoisotopic (exact) mass is 391 g/mol. The van der Waals surface area contributed by atoms with Crippen LogP contribution in [0.4, 0.5) is 0 Å². The Morgan fingerprint density at radius 3 is 2.59 bits per heavy atom. The Hall–Kier alpha value is -1.78. The average Bonchev–Trinajstić information content (AvgIpc) is 3.11. The van der Waals surface area contributed by atoms with E-state index in [0.29, 0.717) is 24.9 Å². The molecule has 27 heavy (non-hydrogen) atoms. The first-order chi connectivity index (χ1) is 13.0. The lowest BCUT2D eigenvalue weighted by Gasteiger charge is -2.23. The molecule has 1 unspecified atom stereocenters. The van der Waals surface area contributed by atoms with Crippen LogP contribution < -0.4 is 10.2 Å². The van der Waals surface area contributed by atoms with Crippen LogP contribution in [-0.4, -0.2) is 18.5 Å². The lowest BCUT2D eigenvalue weighted by molar-refractivity contribution is -0.949. The van der Waals surface area contributed by atoms with Crippen LogP contribution in [0.1, 0.15) is 68.3 Å². The largest absolute Gasteiger partial charge is 0.450 e. The Morgan fingerprint density at radius 2 is 1.89 bits per heavy atom. The zero-order chi connectivity index (χ0) is 19.6. The van der Waals surface area contributed by atoms with E-state index in [1.807, 2.05) is 24.3 Å². The van der Waals surface area contributed by atoms with Crippen LogP contribution in [0.15, 0.2) is 40.8 Å². The molecule has 0 aliphatic carbocycles. The highest BCUT2D eigenvalue weighted by atomic mass is 35.5. The van der Waals surface area contributed by atoms with Crippen LogP contribution in [0.5, 0.6) is 0 Å². The van der Waals surface area contributed by atoms with Crippen molar-refractivity contribution in [2.45, 2.75) is 65.6 Å². The molecule has 4 nitrogen and oxygen atoms in total. The minimum Gasteiger partial charge on any atom is -0.450 e. The van der Waals surface area contributed by atoms with Crippen molar-refractivity contribution in [2.75, 3.05) is 6.54 Å². The fourth-order valence-electron chi connectivity index (χ4n) is 3.02. The molecule has 1 heterocycles. The van der Waals surface area contributed by atoms with Crippen molar-refractivity contribution in [3.8, 4) is 0 Å². The standard InChI is InChI=1S/C22H31ClN2O2/c1-4-5-6-9-14-24-22(26)21-13-12-19(27-21)16-25(17(2)3)15-18-10-7-8-11-20(18)23/h7-8,10-13,17H,4-6,9,14-16H2,1-3H3,(H,24,26)/p+1. The number of carbonyl (C=O) groups is 1. The molecule has 2 rings (SSSR count). The number of amides is 1. The van der Waals surface area contributed by atoms with E-state index in [1.54, 1.807) is 6.07 Å². The Labute approximate surface area is 167 Å². The molecule has 2 aromatic rings. The maximum atomic E-state index is 12.2. The van der Waals surface area contributed by atoms with Crippen molar-refractivity contribution in [2.24, 2.45) is 0 Å². The van der Waals surface area contributed by atoms with Crippen molar-refractivity contribution in [1.29, 1.82) is 0 Å². The van der Waals surface area contributed by atoms with Crippen LogP contribution in [0.3, 0.4) is 0 Å². The maximum absolute atomic E-state index is 12.2. The number of rotatable bonds is 11. The Morgan fingerprint density at radius 1 is 1.11 bits per heavy atom. The summed E-state index contributed by atoms with van der Waals surface area (Å²) in [7, 11) is 0. The van der Waals surface area contributed by atoms with Gasteiger partial charge in [-0.15, -0.1) is 0 Å². The summed E-state index contributed by atoms with van der Waals surface area (Å²) >= 11 is 6.31. The number of furan rings is 1. The number of quaternary nitrogens is 1. The van der Waals surface area contributed by atoms with Gasteiger partial charge in [0, 0.05) is 17.1 Å². The van der Waals surface area contributed by atoms with Gasteiger partial charge in [-0.2, -0.15) is 0 Å². The van der Waals surface area contributed by atoms with Crippen molar-refractivity contribution in [3.63, 3.8) is 0 Å². The summed E-state index contributed by atoms with van der Waals surface area (Å²) < 4.78 is 5.81. The van der Waals surface area contributed by atoms with Crippen LogP contribution >= 0.6 is 11.6 Å². The van der Waals surface area contributed by atoms with Gasteiger partial charge in [0.2, 0.25) is 0 Å². The SMILES string of the molecule is CCCCCCNC(=O)c1ccc(C[NH+](Cc2ccccc2Cl)C(C)C)o1. The molecule has 0 spiro atoms. The summed E-state index contributed by atoms with van der Waals surface area (Å²) in [5.41, 5.74) is 1.12. The van der Waals surface area contributed by atoms with Gasteiger partial charge in [-0.1, -0.05) is 56.0 Å². The van der Waals surface area contributed by atoms with E-state index in [2.05, 4.69) is 32.2 Å². The van der Waals surface area contributed by atoms with E-state index >= 15 is 0 Å². The number of halogens is 1. The molecule has 0 aliphatic heterocycles. The highest BCUT2D eigenvalue weighted by Crippen LogP contribution is 2.14. The van der Waals surface area contributed by atoms with E-state index < -0.39 is 0 Å². The van der Waals surface area contributed by atoms with Crippen molar-refractivity contribution >= 4 is 17.5 Å². The minimum atomic E-state index is -0.130. The first-order valence-corrected chi connectivity index (χ1v) is 10.3. The third kappa shape index (κ3) is 7.04. The van der Waals surface area contributed by atoms with E-state index in [0.717, 1.165) is 35.7 Å². The molecule has 1 amide bonds. The molecule has 0 radical (unpaired) electrons. The maximum Gasteiger partial charge on any atom is 0.286 e. The minimum absolute atomic E-state index is 0.130. The number of unbranched alkanes of at least 4 members (excludes halogenated alkanes) is 3. The van der Waals surface area contributed by atoms with Gasteiger partial charge in [-0.3, -0.25) is 4.79 Å². The molecule has 0 saturated heterocycles. The Bertz CT molecular complexity index is 712. The lowest BCUT2D eigenvalue weighted by Crippen LogP contribution is -3.12. The van der Waals surface area contributed by atoms with Crippen LogP contribution in [0.25, 0.3) is 0 Å². The van der Waals surface area contributed by atoms with E-state index in [1.165, 1.54) is 17.7 Å². The quantitative estimate of drug-likeness (QED) is 0.563. The molecule has 0 bridgehead atoms. The third-order valence-electron chi connectivity index (χ3n) is 4.79. The first kappa shape index (κ1) is 21.5. The Balaban J connectivity index is 1.91. The molecule has 1 aromatic carbocycles. The predicted octanol–water partition coefficient (Wildman–Crippen LogP) is 4.24. The van der Waals surface area contributed by atoms with Gasteiger partial charge in [-0.05, 0) is 38.5 Å². The molecule has 5 heteroatoms. The molecule has 0 saturated carbocycles. The molecule has 0 aliphatic rings. The summed E-state index contributed by atoms with van der Waals surface area (Å²) in [4.78, 5) is 13.6. The van der Waals surface area contributed by atoms with Gasteiger partial charge < -0.3 is 14.6 Å². The second-order valence-corrected chi connectivity index (χ2v) is 7.75. The van der Waals surface area contributed by atoms with Gasteiger partial charge in [0.25, 0.3) is 5.91 Å². The second-order valence-electron chi connectivity index (χ2n) is 7.34. The smallest absolute Gasteiger partial charge is 0.286 e. The highest BCUT2D eigenvalue weighted by Gasteiger charge is 2.19. The molecular formula is C22H32ClN2O2+. The summed E-state index contributed by atoms with van der Waals surface area (Å²) in [6, 6.07) is 12.0. The van der Waals surface area contributed by atoms with Gasteiger partial charge in [0.05, 0.1) is 6.04 Å². The number of benzene rings is 1. The topological polar surface area (TPSA) is 46.7 Å². The Kier molecular flexibility index (Phi) is 8.89. The third-order valence-corrected chi connectivity index (χ3v) is 5.16. The first-order valence-electron chi connectivity index (χ1n) is 9.96. The molecule has 1 aromatic heterocycles. The number of carbonyl (C=O) groups excluding carboxylic acids is 1. The number of hydrogen-bond donors (Lipinski definition) is 2. The summed E-state index contributed by atoms with van der Waals surface area (Å²) in [6.07, 6.45) is 4.56. The zero-order valence-electron chi connectivity index (χ0n) is 16.7. The van der Waals surface area contributed by atoms with E-state index in [4.69, 9.17) is 16.0 Å². The molecule has 2 N–H and O–H groups in total. The van der Waals surface area contributed by atoms with Gasteiger partial charge in [-0.25, -0.2) is 0 Å². The molecule has 0 fully saturated rings. The lowest BCUT2D eigenvalue weighted by atomic mass is 10.2. The van der Waals surface area contributed by atoms with Gasteiger partial charge in [0.15, 0.2) is 11.5 Å². The fraction of sp³-hybridized carbons (Fsp3) is 0.500. The van der Waals surface area contributed by atoms with E-state index in [-0.39, 0.29) is 5.91 Å². The van der Waals surface area contributed by atoms with Crippen molar-refractivity contribution in [3.05, 3.63) is 58.5 Å². The fourth-order valence-corrected chi connectivity index (χ4v) is 3.22. The number of nitrogens with one attached hydrogen (secondary N) is 2. The average molecular weight is 392 g/mol. The molecule has 148 valence electrons. The van der Waals surface area contributed by atoms with Crippen LogP contribution in [0, 0.1) is 0 Å². The van der Waals surface area contributed by atoms with Gasteiger partial charge in [0.1, 0.15) is 13.1 Å².